The minimum absolute atomic E-state index is 0. The van der Waals surface area contributed by atoms with Crippen molar-refractivity contribution < 1.29 is 28.4 Å². The van der Waals surface area contributed by atoms with Crippen molar-refractivity contribution in [2.75, 3.05) is 55.9 Å². The number of rotatable bonds is 10. The van der Waals surface area contributed by atoms with Crippen molar-refractivity contribution >= 4 is 86.0 Å². The number of hydrogen-bond acceptors (Lipinski definition) is 8. The molecule has 1 saturated heterocycles. The molecule has 2 aliphatic heterocycles. The normalized spacial score (nSPS) is 16.4. The van der Waals surface area contributed by atoms with E-state index < -0.39 is 14.6 Å². The van der Waals surface area contributed by atoms with Crippen molar-refractivity contribution in [3.05, 3.63) is 52.0 Å². The molecule has 0 spiro atoms. The fourth-order valence-corrected chi connectivity index (χ4v) is 5.13. The SMILES string of the molecule is O=C1CCc2ccc(OCCCCN3CCN(c4cccc(Cl)c4Cl)CC3)cc2N1COP(=O)([O-])[O-].[Ca+2]. The Morgan fingerprint density at radius 1 is 0.973 bits per heavy atom. The fraction of sp³-hybridized carbons (Fsp3) is 0.458. The maximum absolute atomic E-state index is 12.3. The summed E-state index contributed by atoms with van der Waals surface area (Å²) in [4.78, 5) is 39.8. The van der Waals surface area contributed by atoms with Crippen LogP contribution in [0.4, 0.5) is 11.4 Å². The first-order valence-corrected chi connectivity index (χ1v) is 14.1. The molecule has 1 fully saturated rings. The topological polar surface area (TPSA) is 108 Å². The van der Waals surface area contributed by atoms with Gasteiger partial charge >= 0.3 is 37.7 Å². The summed E-state index contributed by atoms with van der Waals surface area (Å²) in [5.74, 6) is 0.277. The third-order valence-corrected chi connectivity index (χ3v) is 7.62. The molecule has 1 amide bonds. The first-order valence-electron chi connectivity index (χ1n) is 11.9. The number of unbranched alkanes of at least 4 members (excludes halogenated alkanes) is 1. The van der Waals surface area contributed by atoms with E-state index >= 15 is 0 Å². The van der Waals surface area contributed by atoms with Crippen LogP contribution in [0.15, 0.2) is 36.4 Å². The molecule has 0 aliphatic carbocycles. The molecule has 2 heterocycles. The van der Waals surface area contributed by atoms with Crippen molar-refractivity contribution in [1.82, 2.24) is 4.90 Å². The van der Waals surface area contributed by atoms with E-state index in [0.717, 1.165) is 56.8 Å². The molecule has 0 unspecified atom stereocenters. The van der Waals surface area contributed by atoms with Gasteiger partial charge in [-0.05, 0) is 49.6 Å². The van der Waals surface area contributed by atoms with E-state index in [1.165, 1.54) is 4.90 Å². The molecular formula is C24H28CaCl2N3O6P. The van der Waals surface area contributed by atoms with E-state index in [4.69, 9.17) is 27.9 Å². The summed E-state index contributed by atoms with van der Waals surface area (Å²) >= 11 is 12.5. The quantitative estimate of drug-likeness (QED) is 0.234. The number of piperazine rings is 1. The van der Waals surface area contributed by atoms with Gasteiger partial charge in [-0.15, -0.1) is 0 Å². The van der Waals surface area contributed by atoms with E-state index in [0.29, 0.717) is 34.5 Å². The molecule has 0 aromatic heterocycles. The van der Waals surface area contributed by atoms with Crippen LogP contribution in [0, 0.1) is 0 Å². The second-order valence-corrected chi connectivity index (χ2v) is 10.7. The van der Waals surface area contributed by atoms with Gasteiger partial charge in [0.2, 0.25) is 5.91 Å². The number of phosphoric acid groups is 1. The summed E-state index contributed by atoms with van der Waals surface area (Å²) in [6, 6.07) is 11.1. The molecule has 37 heavy (non-hydrogen) atoms. The Hall–Kier alpha value is -0.580. The molecule has 2 aliphatic rings. The van der Waals surface area contributed by atoms with Crippen molar-refractivity contribution in [2.45, 2.75) is 25.7 Å². The Kier molecular flexibility index (Phi) is 11.9. The Morgan fingerprint density at radius 2 is 1.73 bits per heavy atom. The van der Waals surface area contributed by atoms with Crippen molar-refractivity contribution in [3.8, 4) is 5.75 Å². The van der Waals surface area contributed by atoms with Crippen LogP contribution in [-0.4, -0.2) is 94.6 Å². The number of benzene rings is 2. The molecule has 4 rings (SSSR count). The molecular weight excluding hydrogens is 568 g/mol. The minimum atomic E-state index is -5.19. The zero-order valence-electron chi connectivity index (χ0n) is 20.4. The third kappa shape index (κ3) is 8.70. The van der Waals surface area contributed by atoms with E-state index in [2.05, 4.69) is 14.3 Å². The average Bonchev–Trinajstić information content (AvgIpc) is 2.85. The summed E-state index contributed by atoms with van der Waals surface area (Å²) in [5, 5.41) is 1.17. The third-order valence-electron chi connectivity index (χ3n) is 6.38. The second kappa shape index (κ2) is 14.2. The van der Waals surface area contributed by atoms with Gasteiger partial charge in [0.1, 0.15) is 12.5 Å². The fourth-order valence-electron chi connectivity index (χ4n) is 4.45. The number of nitrogens with zero attached hydrogens (tertiary/aromatic N) is 3. The van der Waals surface area contributed by atoms with E-state index in [1.807, 2.05) is 24.3 Å². The predicted octanol–water partition coefficient (Wildman–Crippen LogP) is 2.68. The summed E-state index contributed by atoms with van der Waals surface area (Å²) in [5.41, 5.74) is 2.36. The standard InChI is InChI=1S/C24H30Cl2N3O6P.Ca/c25-20-4-3-5-21(24(20)26)28-13-11-27(12-14-28)10-1-2-15-34-19-8-6-18-7-9-23(30)29(22(18)16-19)17-35-36(31,32)33;/h3-6,8,16H,1-2,7,9-15,17H2,(H2,31,32,33);/q;+2/p-2. The van der Waals surface area contributed by atoms with E-state index in [9.17, 15) is 19.1 Å². The summed E-state index contributed by atoms with van der Waals surface area (Å²) < 4.78 is 21.1. The number of amides is 1. The molecule has 0 bridgehead atoms. The van der Waals surface area contributed by atoms with Gasteiger partial charge in [0.05, 0.1) is 35.8 Å². The van der Waals surface area contributed by atoms with E-state index in [1.54, 1.807) is 12.1 Å². The molecule has 0 atom stereocenters. The number of phosphoric ester groups is 1. The smallest absolute Gasteiger partial charge is 0.790 e. The maximum atomic E-state index is 12.3. The van der Waals surface area contributed by atoms with Crippen LogP contribution >= 0.6 is 31.0 Å². The first kappa shape index (κ1) is 31.0. The molecule has 2 aromatic rings. The number of carbonyl (C=O) groups is 1. The Labute approximate surface area is 256 Å². The molecule has 0 radical (unpaired) electrons. The van der Waals surface area contributed by atoms with Gasteiger partial charge in [0.25, 0.3) is 0 Å². The number of halogens is 2. The molecule has 2 aromatic carbocycles. The monoisotopic (exact) mass is 595 g/mol. The first-order chi connectivity index (χ1) is 17.2. The zero-order valence-corrected chi connectivity index (χ0v) is 25.1. The van der Waals surface area contributed by atoms with Crippen LogP contribution in [0.5, 0.6) is 5.75 Å². The van der Waals surface area contributed by atoms with Gasteiger partial charge in [-0.3, -0.25) is 14.6 Å². The summed E-state index contributed by atoms with van der Waals surface area (Å²) in [6.45, 7) is 4.51. The number of anilines is 2. The zero-order chi connectivity index (χ0) is 25.7. The molecule has 0 N–H and O–H groups in total. The maximum Gasteiger partial charge on any atom is 2.00 e. The van der Waals surface area contributed by atoms with Gasteiger partial charge in [0, 0.05) is 38.7 Å². The number of hydrogen-bond donors (Lipinski definition) is 0. The number of aryl methyl sites for hydroxylation is 1. The summed E-state index contributed by atoms with van der Waals surface area (Å²) in [6.07, 6.45) is 2.59. The Bertz CT molecular complexity index is 1130. The van der Waals surface area contributed by atoms with Crippen LogP contribution in [0.1, 0.15) is 24.8 Å². The van der Waals surface area contributed by atoms with Crippen molar-refractivity contribution in [3.63, 3.8) is 0 Å². The van der Waals surface area contributed by atoms with E-state index in [-0.39, 0.29) is 50.1 Å². The molecule has 13 heteroatoms. The molecule has 196 valence electrons. The number of ether oxygens (including phenoxy) is 1. The Morgan fingerprint density at radius 3 is 2.46 bits per heavy atom. The number of fused-ring (bicyclic) bond motifs is 1. The minimum Gasteiger partial charge on any atom is -0.790 e. The second-order valence-electron chi connectivity index (χ2n) is 8.77. The van der Waals surface area contributed by atoms with Gasteiger partial charge in [-0.1, -0.05) is 35.3 Å². The molecule has 0 saturated carbocycles. The summed E-state index contributed by atoms with van der Waals surface area (Å²) in [7, 11) is -5.19. The van der Waals surface area contributed by atoms with Crippen LogP contribution in [0.2, 0.25) is 10.0 Å². The van der Waals surface area contributed by atoms with Crippen molar-refractivity contribution in [1.29, 1.82) is 0 Å². The van der Waals surface area contributed by atoms with Gasteiger partial charge in [-0.25, -0.2) is 0 Å². The average molecular weight is 596 g/mol. The number of carbonyl (C=O) groups excluding carboxylic acids is 1. The van der Waals surface area contributed by atoms with Crippen LogP contribution in [0.3, 0.4) is 0 Å². The Balaban J connectivity index is 0.00000380. The van der Waals surface area contributed by atoms with Gasteiger partial charge in [-0.2, -0.15) is 0 Å². The van der Waals surface area contributed by atoms with Crippen molar-refractivity contribution in [2.24, 2.45) is 0 Å². The van der Waals surface area contributed by atoms with Gasteiger partial charge in [0.15, 0.2) is 0 Å². The van der Waals surface area contributed by atoms with Gasteiger partial charge < -0.3 is 28.5 Å². The van der Waals surface area contributed by atoms with Crippen LogP contribution in [-0.2, 0) is 20.3 Å². The largest absolute Gasteiger partial charge is 2.00 e. The predicted molar refractivity (Wildman–Crippen MR) is 141 cm³/mol. The van der Waals surface area contributed by atoms with Crippen LogP contribution in [0.25, 0.3) is 0 Å². The molecule has 9 nitrogen and oxygen atoms in total. The van der Waals surface area contributed by atoms with Crippen LogP contribution < -0.4 is 24.3 Å².